The molecule has 0 amide bonds. The molecule has 0 bridgehead atoms. The number of benzene rings is 3. The van der Waals surface area contributed by atoms with Gasteiger partial charge in [0.2, 0.25) is 0 Å². The highest BCUT2D eigenvalue weighted by Gasteiger charge is 2.19. The Morgan fingerprint density at radius 3 is 2.34 bits per heavy atom. The molecule has 0 saturated heterocycles. The van der Waals surface area contributed by atoms with Crippen LogP contribution in [0.1, 0.15) is 18.4 Å². The molecule has 0 spiro atoms. The van der Waals surface area contributed by atoms with E-state index in [9.17, 15) is 14.6 Å². The number of hydrogen-bond donors (Lipinski definition) is 5. The van der Waals surface area contributed by atoms with E-state index in [4.69, 9.17) is 0 Å². The Kier molecular flexibility index (Phi) is 5.25. The number of hydrogen-bond acceptors (Lipinski definition) is 5. The molecule has 1 aromatic heterocycles. The maximum absolute atomic E-state index is 14.2. The summed E-state index contributed by atoms with van der Waals surface area (Å²) in [6.07, 6.45) is 2.56. The van der Waals surface area contributed by atoms with Crippen molar-refractivity contribution in [2.75, 3.05) is 5.32 Å². The van der Waals surface area contributed by atoms with Crippen LogP contribution in [0.25, 0.3) is 22.4 Å². The lowest BCUT2D eigenvalue weighted by Gasteiger charge is -2.08. The number of halogens is 1. The van der Waals surface area contributed by atoms with E-state index in [1.807, 2.05) is 30.3 Å². The van der Waals surface area contributed by atoms with Crippen LogP contribution in [0.4, 0.5) is 15.9 Å². The van der Waals surface area contributed by atoms with E-state index in [-0.39, 0.29) is 17.1 Å². The fourth-order valence-electron chi connectivity index (χ4n) is 3.62. The number of aromatic nitrogens is 2. The molecule has 3 aromatic carbocycles. The minimum Gasteiger partial charge on any atom is -0.508 e. The molecule has 7 heteroatoms. The first-order valence-electron chi connectivity index (χ1n) is 10.5. The largest absolute Gasteiger partial charge is 0.508 e. The van der Waals surface area contributed by atoms with Gasteiger partial charge in [0.05, 0.1) is 11.3 Å². The Morgan fingerprint density at radius 1 is 0.938 bits per heavy atom. The maximum Gasteiger partial charge on any atom is 0.138 e. The molecule has 1 aliphatic carbocycles. The zero-order valence-corrected chi connectivity index (χ0v) is 17.3. The van der Waals surface area contributed by atoms with Crippen LogP contribution in [0.15, 0.2) is 66.7 Å². The van der Waals surface area contributed by atoms with Gasteiger partial charge in [-0.05, 0) is 36.1 Å². The number of anilines is 2. The molecule has 0 unspecified atom stereocenters. The van der Waals surface area contributed by atoms with E-state index in [2.05, 4.69) is 33.0 Å². The van der Waals surface area contributed by atoms with Crippen molar-refractivity contribution < 1.29 is 14.6 Å². The van der Waals surface area contributed by atoms with E-state index in [1.165, 1.54) is 18.4 Å². The molecule has 0 radical (unpaired) electrons. The van der Waals surface area contributed by atoms with Gasteiger partial charge in [-0.3, -0.25) is 5.10 Å². The normalized spacial score (nSPS) is 13.3. The molecule has 6 nitrogen and oxygen atoms in total. The maximum atomic E-state index is 14.2. The van der Waals surface area contributed by atoms with E-state index in [0.717, 1.165) is 41.4 Å². The number of nitrogens with zero attached hydrogens (tertiary/aromatic N) is 1. The smallest absolute Gasteiger partial charge is 0.138 e. The molecule has 5 N–H and O–H groups in total. The molecule has 162 valence electrons. The summed E-state index contributed by atoms with van der Waals surface area (Å²) in [6.45, 7) is 0.890. The summed E-state index contributed by atoms with van der Waals surface area (Å²) in [5.41, 5.74) is 4.36. The number of phenolic OH excluding ortho intramolecular Hbond substituents is 2. The van der Waals surface area contributed by atoms with Gasteiger partial charge in [-0.2, -0.15) is 5.10 Å². The van der Waals surface area contributed by atoms with Crippen molar-refractivity contribution >= 4 is 11.5 Å². The summed E-state index contributed by atoms with van der Waals surface area (Å²) in [6, 6.07) is 20.0. The van der Waals surface area contributed by atoms with E-state index < -0.39 is 5.82 Å². The highest BCUT2D eigenvalue weighted by molar-refractivity contribution is 5.75. The first-order chi connectivity index (χ1) is 15.5. The molecule has 1 aliphatic rings. The van der Waals surface area contributed by atoms with Crippen molar-refractivity contribution in [2.24, 2.45) is 0 Å². The molecule has 5 rings (SSSR count). The van der Waals surface area contributed by atoms with Gasteiger partial charge < -0.3 is 20.8 Å². The first kappa shape index (κ1) is 20.1. The zero-order valence-electron chi connectivity index (χ0n) is 17.3. The van der Waals surface area contributed by atoms with Crippen LogP contribution in [-0.4, -0.2) is 26.5 Å². The summed E-state index contributed by atoms with van der Waals surface area (Å²) < 4.78 is 14.2. The molecule has 0 atom stereocenters. The standard InChI is InChI=1S/C25H23FN4O2/c26-21-11-20(31)12-23(32)25(21)17-5-3-16(4-6-17)22-13-24(30-29-22)28-19-7-1-15(2-8-19)14-27-18-9-10-18/h1-8,11-13,18,27,31-32H,9-10,14H2,(H2,28,29,30). The Bertz CT molecular complexity index is 1210. The minimum atomic E-state index is -0.684. The van der Waals surface area contributed by atoms with Crippen molar-refractivity contribution in [1.82, 2.24) is 15.5 Å². The van der Waals surface area contributed by atoms with E-state index in [1.54, 1.807) is 12.1 Å². The number of phenols is 2. The van der Waals surface area contributed by atoms with Gasteiger partial charge in [0.1, 0.15) is 23.1 Å². The van der Waals surface area contributed by atoms with Crippen molar-refractivity contribution in [3.8, 4) is 33.9 Å². The van der Waals surface area contributed by atoms with Crippen molar-refractivity contribution in [1.29, 1.82) is 0 Å². The summed E-state index contributed by atoms with van der Waals surface area (Å²) in [5.74, 6) is -0.552. The minimum absolute atomic E-state index is 0.0505. The lowest BCUT2D eigenvalue weighted by molar-refractivity contribution is 0.443. The van der Waals surface area contributed by atoms with Gasteiger partial charge in [0.25, 0.3) is 0 Å². The lowest BCUT2D eigenvalue weighted by Crippen LogP contribution is -2.15. The van der Waals surface area contributed by atoms with E-state index in [0.29, 0.717) is 11.6 Å². The number of rotatable bonds is 7. The highest BCUT2D eigenvalue weighted by Crippen LogP contribution is 2.36. The molecule has 4 aromatic rings. The van der Waals surface area contributed by atoms with Gasteiger partial charge in [0, 0.05) is 42.0 Å². The fourth-order valence-corrected chi connectivity index (χ4v) is 3.62. The zero-order chi connectivity index (χ0) is 22.1. The van der Waals surface area contributed by atoms with Crippen LogP contribution in [0.2, 0.25) is 0 Å². The first-order valence-corrected chi connectivity index (χ1v) is 10.5. The van der Waals surface area contributed by atoms with Crippen LogP contribution in [-0.2, 0) is 6.54 Å². The number of H-pyrrole nitrogens is 1. The molecule has 1 saturated carbocycles. The lowest BCUT2D eigenvalue weighted by atomic mass is 10.0. The van der Waals surface area contributed by atoms with Crippen molar-refractivity contribution in [2.45, 2.75) is 25.4 Å². The quantitative estimate of drug-likeness (QED) is 0.275. The summed E-state index contributed by atoms with van der Waals surface area (Å²) in [7, 11) is 0. The Balaban J connectivity index is 1.27. The second kappa shape index (κ2) is 8.36. The Morgan fingerprint density at radius 2 is 1.66 bits per heavy atom. The predicted molar refractivity (Wildman–Crippen MR) is 122 cm³/mol. The summed E-state index contributed by atoms with van der Waals surface area (Å²) in [5, 5.41) is 33.6. The van der Waals surface area contributed by atoms with Crippen LogP contribution in [0, 0.1) is 5.82 Å². The molecule has 32 heavy (non-hydrogen) atoms. The number of aromatic hydroxyl groups is 2. The van der Waals surface area contributed by atoms with Gasteiger partial charge in [-0.15, -0.1) is 0 Å². The third-order valence-electron chi connectivity index (χ3n) is 5.51. The SMILES string of the molecule is Oc1cc(O)c(-c2ccc(-c3cc(Nc4ccc(CNC5CC5)cc4)[nH]n3)cc2)c(F)c1. The molecule has 0 aliphatic heterocycles. The number of aromatic amines is 1. The molecular weight excluding hydrogens is 407 g/mol. The second-order valence-corrected chi connectivity index (χ2v) is 8.04. The monoisotopic (exact) mass is 430 g/mol. The van der Waals surface area contributed by atoms with Crippen LogP contribution in [0.5, 0.6) is 11.5 Å². The molecule has 1 fully saturated rings. The second-order valence-electron chi connectivity index (χ2n) is 8.04. The third-order valence-corrected chi connectivity index (χ3v) is 5.51. The van der Waals surface area contributed by atoms with Crippen molar-refractivity contribution in [3.63, 3.8) is 0 Å². The van der Waals surface area contributed by atoms with Crippen molar-refractivity contribution in [3.05, 3.63) is 78.1 Å². The van der Waals surface area contributed by atoms with Crippen LogP contribution >= 0.6 is 0 Å². The number of nitrogens with one attached hydrogen (secondary N) is 3. The topological polar surface area (TPSA) is 93.2 Å². The fraction of sp³-hybridized carbons (Fsp3) is 0.160. The predicted octanol–water partition coefficient (Wildman–Crippen LogP) is 5.29. The van der Waals surface area contributed by atoms with Crippen LogP contribution in [0.3, 0.4) is 0 Å². The average molecular weight is 430 g/mol. The third kappa shape index (κ3) is 4.43. The van der Waals surface area contributed by atoms with Gasteiger partial charge >= 0.3 is 0 Å². The van der Waals surface area contributed by atoms with Gasteiger partial charge in [-0.25, -0.2) is 4.39 Å². The van der Waals surface area contributed by atoms with Gasteiger partial charge in [-0.1, -0.05) is 36.4 Å². The summed E-state index contributed by atoms with van der Waals surface area (Å²) in [4.78, 5) is 0. The van der Waals surface area contributed by atoms with Gasteiger partial charge in [0.15, 0.2) is 0 Å². The van der Waals surface area contributed by atoms with Crippen LogP contribution < -0.4 is 10.6 Å². The van der Waals surface area contributed by atoms with E-state index >= 15 is 0 Å². The highest BCUT2D eigenvalue weighted by atomic mass is 19.1. The Labute approximate surface area is 184 Å². The molecule has 1 heterocycles. The Hall–Kier alpha value is -3.84. The average Bonchev–Trinajstić information content (AvgIpc) is 3.50. The molecular formula is C25H23FN4O2. The summed E-state index contributed by atoms with van der Waals surface area (Å²) >= 11 is 0.